The maximum atomic E-state index is 5.52. The molecule has 15 heavy (non-hydrogen) atoms. The summed E-state index contributed by atoms with van der Waals surface area (Å²) in [6.45, 7) is 5.57. The molecule has 84 valence electrons. The number of hydrazine groups is 1. The zero-order chi connectivity index (χ0) is 11.1. The molecule has 0 aliphatic heterocycles. The molecule has 1 unspecified atom stereocenters. The lowest BCUT2D eigenvalue weighted by atomic mass is 10.0. The number of hydrogen-bond donors (Lipinski definition) is 2. The Labute approximate surface area is 91.6 Å². The van der Waals surface area contributed by atoms with Crippen LogP contribution in [-0.4, -0.2) is 13.2 Å². The van der Waals surface area contributed by atoms with E-state index in [0.717, 1.165) is 19.6 Å². The maximum Gasteiger partial charge on any atom is 0.0484 e. The molecular weight excluding hydrogens is 188 g/mol. The second-order valence-corrected chi connectivity index (χ2v) is 3.62. The van der Waals surface area contributed by atoms with E-state index >= 15 is 0 Å². The first-order chi connectivity index (χ1) is 7.27. The lowest BCUT2D eigenvalue weighted by Gasteiger charge is -2.16. The molecule has 0 saturated heterocycles. The standard InChI is InChI=1S/C12H20N2O/c1-3-15-9-8-12(14-13)11-6-4-10(2)5-7-11/h4-7,12,14H,3,8-9,13H2,1-2H3. The van der Waals surface area contributed by atoms with Gasteiger partial charge in [0.05, 0.1) is 0 Å². The molecule has 1 aromatic rings. The van der Waals surface area contributed by atoms with Crippen LogP contribution in [0.5, 0.6) is 0 Å². The van der Waals surface area contributed by atoms with Crippen LogP contribution in [0, 0.1) is 6.92 Å². The highest BCUT2D eigenvalue weighted by molar-refractivity contribution is 5.23. The number of nitrogens with one attached hydrogen (secondary N) is 1. The number of ether oxygens (including phenoxy) is 1. The highest BCUT2D eigenvalue weighted by Gasteiger charge is 2.08. The third-order valence-electron chi connectivity index (χ3n) is 2.44. The smallest absolute Gasteiger partial charge is 0.0484 e. The number of nitrogens with two attached hydrogens (primary N) is 1. The summed E-state index contributed by atoms with van der Waals surface area (Å²) in [7, 11) is 0. The molecule has 1 rings (SSSR count). The van der Waals surface area contributed by atoms with Crippen molar-refractivity contribution in [3.63, 3.8) is 0 Å². The Morgan fingerprint density at radius 1 is 1.33 bits per heavy atom. The van der Waals surface area contributed by atoms with Crippen LogP contribution in [-0.2, 0) is 4.74 Å². The Hall–Kier alpha value is -0.900. The predicted octanol–water partition coefficient (Wildman–Crippen LogP) is 1.93. The van der Waals surface area contributed by atoms with E-state index in [-0.39, 0.29) is 6.04 Å². The van der Waals surface area contributed by atoms with Crippen LogP contribution in [0.1, 0.15) is 30.5 Å². The van der Waals surface area contributed by atoms with E-state index in [2.05, 4.69) is 36.6 Å². The van der Waals surface area contributed by atoms with Crippen LogP contribution >= 0.6 is 0 Å². The number of hydrogen-bond acceptors (Lipinski definition) is 3. The Kier molecular flexibility index (Phi) is 5.32. The first kappa shape index (κ1) is 12.2. The van der Waals surface area contributed by atoms with Crippen molar-refractivity contribution in [3.05, 3.63) is 35.4 Å². The molecule has 0 heterocycles. The quantitative estimate of drug-likeness (QED) is 0.426. The molecule has 0 aromatic heterocycles. The fourth-order valence-corrected chi connectivity index (χ4v) is 1.49. The van der Waals surface area contributed by atoms with E-state index in [1.807, 2.05) is 6.92 Å². The SMILES string of the molecule is CCOCCC(NN)c1ccc(C)cc1. The van der Waals surface area contributed by atoms with Crippen LogP contribution in [0.3, 0.4) is 0 Å². The predicted molar refractivity (Wildman–Crippen MR) is 62.4 cm³/mol. The van der Waals surface area contributed by atoms with Gasteiger partial charge >= 0.3 is 0 Å². The van der Waals surface area contributed by atoms with Gasteiger partial charge in [0, 0.05) is 19.3 Å². The molecule has 0 aliphatic carbocycles. The van der Waals surface area contributed by atoms with Crippen LogP contribution in [0.15, 0.2) is 24.3 Å². The highest BCUT2D eigenvalue weighted by atomic mass is 16.5. The van der Waals surface area contributed by atoms with E-state index < -0.39 is 0 Å². The van der Waals surface area contributed by atoms with Crippen LogP contribution < -0.4 is 11.3 Å². The molecule has 3 heteroatoms. The van der Waals surface area contributed by atoms with Crippen molar-refractivity contribution < 1.29 is 4.74 Å². The Morgan fingerprint density at radius 3 is 2.53 bits per heavy atom. The largest absolute Gasteiger partial charge is 0.382 e. The van der Waals surface area contributed by atoms with Gasteiger partial charge < -0.3 is 4.74 Å². The van der Waals surface area contributed by atoms with Crippen LogP contribution in [0.25, 0.3) is 0 Å². The van der Waals surface area contributed by atoms with Gasteiger partial charge in [-0.05, 0) is 25.8 Å². The molecular formula is C12H20N2O. The second kappa shape index (κ2) is 6.56. The third kappa shape index (κ3) is 4.00. The van der Waals surface area contributed by atoms with Crippen molar-refractivity contribution in [2.24, 2.45) is 5.84 Å². The van der Waals surface area contributed by atoms with Crippen molar-refractivity contribution in [1.29, 1.82) is 0 Å². The minimum atomic E-state index is 0.178. The Bertz CT molecular complexity index is 271. The summed E-state index contributed by atoms with van der Waals surface area (Å²) in [5, 5.41) is 0. The van der Waals surface area contributed by atoms with E-state index in [1.165, 1.54) is 11.1 Å². The number of aryl methyl sites for hydroxylation is 1. The minimum absolute atomic E-state index is 0.178. The lowest BCUT2D eigenvalue weighted by Crippen LogP contribution is -2.29. The topological polar surface area (TPSA) is 47.3 Å². The van der Waals surface area contributed by atoms with Crippen LogP contribution in [0.2, 0.25) is 0 Å². The van der Waals surface area contributed by atoms with E-state index in [0.29, 0.717) is 0 Å². The molecule has 1 atom stereocenters. The van der Waals surface area contributed by atoms with E-state index in [4.69, 9.17) is 10.6 Å². The van der Waals surface area contributed by atoms with Crippen molar-refractivity contribution >= 4 is 0 Å². The summed E-state index contributed by atoms with van der Waals surface area (Å²) in [5.74, 6) is 5.52. The van der Waals surface area contributed by atoms with E-state index in [9.17, 15) is 0 Å². The molecule has 1 aromatic carbocycles. The zero-order valence-electron chi connectivity index (χ0n) is 9.49. The van der Waals surface area contributed by atoms with Crippen LogP contribution in [0.4, 0.5) is 0 Å². The molecule has 0 saturated carbocycles. The average Bonchev–Trinajstić information content (AvgIpc) is 2.26. The molecule has 0 fully saturated rings. The summed E-state index contributed by atoms with van der Waals surface area (Å²) in [6, 6.07) is 8.58. The van der Waals surface area contributed by atoms with Crippen molar-refractivity contribution in [1.82, 2.24) is 5.43 Å². The third-order valence-corrected chi connectivity index (χ3v) is 2.44. The van der Waals surface area contributed by atoms with Gasteiger partial charge in [-0.15, -0.1) is 0 Å². The Balaban J connectivity index is 2.53. The first-order valence-electron chi connectivity index (χ1n) is 5.38. The molecule has 0 aliphatic rings. The zero-order valence-corrected chi connectivity index (χ0v) is 9.49. The summed E-state index contributed by atoms with van der Waals surface area (Å²) >= 11 is 0. The molecule has 0 radical (unpaired) electrons. The lowest BCUT2D eigenvalue weighted by molar-refractivity contribution is 0.136. The van der Waals surface area contributed by atoms with Gasteiger partial charge in [-0.1, -0.05) is 29.8 Å². The van der Waals surface area contributed by atoms with Gasteiger partial charge in [-0.25, -0.2) is 0 Å². The fraction of sp³-hybridized carbons (Fsp3) is 0.500. The van der Waals surface area contributed by atoms with Crippen molar-refractivity contribution in [2.75, 3.05) is 13.2 Å². The number of benzene rings is 1. The highest BCUT2D eigenvalue weighted by Crippen LogP contribution is 2.16. The van der Waals surface area contributed by atoms with Gasteiger partial charge in [-0.3, -0.25) is 11.3 Å². The average molecular weight is 208 g/mol. The molecule has 0 spiro atoms. The van der Waals surface area contributed by atoms with Gasteiger partial charge in [0.2, 0.25) is 0 Å². The molecule has 0 amide bonds. The van der Waals surface area contributed by atoms with Crippen molar-refractivity contribution in [3.8, 4) is 0 Å². The Morgan fingerprint density at radius 2 is 2.00 bits per heavy atom. The molecule has 3 nitrogen and oxygen atoms in total. The monoisotopic (exact) mass is 208 g/mol. The summed E-state index contributed by atoms with van der Waals surface area (Å²) < 4.78 is 5.32. The van der Waals surface area contributed by atoms with Gasteiger partial charge in [0.15, 0.2) is 0 Å². The van der Waals surface area contributed by atoms with Gasteiger partial charge in [0.1, 0.15) is 0 Å². The number of rotatable bonds is 6. The van der Waals surface area contributed by atoms with Gasteiger partial charge in [-0.2, -0.15) is 0 Å². The normalized spacial score (nSPS) is 12.7. The minimum Gasteiger partial charge on any atom is -0.382 e. The fourth-order valence-electron chi connectivity index (χ4n) is 1.49. The summed E-state index contributed by atoms with van der Waals surface area (Å²) in [5.41, 5.74) is 5.29. The molecule has 3 N–H and O–H groups in total. The summed E-state index contributed by atoms with van der Waals surface area (Å²) in [4.78, 5) is 0. The van der Waals surface area contributed by atoms with E-state index in [1.54, 1.807) is 0 Å². The molecule has 0 bridgehead atoms. The van der Waals surface area contributed by atoms with Crippen molar-refractivity contribution in [2.45, 2.75) is 26.3 Å². The maximum absolute atomic E-state index is 5.52. The van der Waals surface area contributed by atoms with Gasteiger partial charge in [0.25, 0.3) is 0 Å². The second-order valence-electron chi connectivity index (χ2n) is 3.62. The summed E-state index contributed by atoms with van der Waals surface area (Å²) in [6.07, 6.45) is 0.896. The first-order valence-corrected chi connectivity index (χ1v) is 5.38.